The maximum Gasteiger partial charge on any atom is 0.270 e. The van der Waals surface area contributed by atoms with Crippen LogP contribution in [0.2, 0.25) is 0 Å². The predicted molar refractivity (Wildman–Crippen MR) is 111 cm³/mol. The minimum atomic E-state index is -0.412. The number of hydrogen-bond acceptors (Lipinski definition) is 4. The van der Waals surface area contributed by atoms with Gasteiger partial charge in [-0.05, 0) is 50.2 Å². The summed E-state index contributed by atoms with van der Waals surface area (Å²) in [6.45, 7) is 4.41. The third-order valence-corrected chi connectivity index (χ3v) is 4.95. The van der Waals surface area contributed by atoms with E-state index in [4.69, 9.17) is 0 Å². The maximum atomic E-state index is 12.7. The SMILES string of the molecule is CCc1ccc(C(CNC(=O)c2cnc3ccc(C)cn3c2=O)N(C)C)cc1. The molecule has 0 aliphatic carbocycles. The van der Waals surface area contributed by atoms with Gasteiger partial charge in [-0.3, -0.25) is 14.0 Å². The highest BCUT2D eigenvalue weighted by atomic mass is 16.2. The second-order valence-electron chi connectivity index (χ2n) is 7.20. The molecule has 0 saturated heterocycles. The lowest BCUT2D eigenvalue weighted by Gasteiger charge is -2.25. The fourth-order valence-corrected chi connectivity index (χ4v) is 3.20. The highest BCUT2D eigenvalue weighted by molar-refractivity contribution is 5.93. The van der Waals surface area contributed by atoms with Gasteiger partial charge >= 0.3 is 0 Å². The van der Waals surface area contributed by atoms with Crippen molar-refractivity contribution in [2.75, 3.05) is 20.6 Å². The van der Waals surface area contributed by atoms with Gasteiger partial charge in [0.25, 0.3) is 11.5 Å². The molecule has 0 aliphatic heterocycles. The molecular weight excluding hydrogens is 352 g/mol. The second-order valence-corrected chi connectivity index (χ2v) is 7.20. The van der Waals surface area contributed by atoms with Crippen molar-refractivity contribution in [2.24, 2.45) is 0 Å². The highest BCUT2D eigenvalue weighted by Gasteiger charge is 2.18. The fourth-order valence-electron chi connectivity index (χ4n) is 3.20. The van der Waals surface area contributed by atoms with Crippen molar-refractivity contribution in [1.29, 1.82) is 0 Å². The van der Waals surface area contributed by atoms with Crippen LogP contribution in [0.25, 0.3) is 5.65 Å². The van der Waals surface area contributed by atoms with E-state index in [1.807, 2.05) is 27.1 Å². The number of fused-ring (bicyclic) bond motifs is 1. The quantitative estimate of drug-likeness (QED) is 0.716. The molecule has 1 amide bonds. The second kappa shape index (κ2) is 8.35. The first-order valence-electron chi connectivity index (χ1n) is 9.42. The minimum absolute atomic E-state index is 0.00766. The number of hydrogen-bond donors (Lipinski definition) is 1. The Morgan fingerprint density at radius 3 is 2.54 bits per heavy atom. The van der Waals surface area contributed by atoms with Gasteiger partial charge < -0.3 is 10.2 Å². The molecule has 3 aromatic rings. The van der Waals surface area contributed by atoms with Crippen molar-refractivity contribution in [2.45, 2.75) is 26.3 Å². The zero-order chi connectivity index (χ0) is 20.3. The average Bonchev–Trinajstić information content (AvgIpc) is 2.69. The van der Waals surface area contributed by atoms with Gasteiger partial charge in [-0.15, -0.1) is 0 Å². The molecule has 0 bridgehead atoms. The van der Waals surface area contributed by atoms with Crippen LogP contribution in [0.5, 0.6) is 0 Å². The molecule has 2 heterocycles. The normalized spacial score (nSPS) is 12.3. The molecule has 3 rings (SSSR count). The molecule has 1 atom stereocenters. The number of likely N-dealkylation sites (N-methyl/N-ethyl adjacent to an activating group) is 1. The smallest absolute Gasteiger partial charge is 0.270 e. The molecule has 1 N–H and O–H groups in total. The number of aryl methyl sites for hydroxylation is 2. The zero-order valence-electron chi connectivity index (χ0n) is 16.8. The summed E-state index contributed by atoms with van der Waals surface area (Å²) < 4.78 is 1.41. The molecule has 6 heteroatoms. The van der Waals surface area contributed by atoms with Crippen LogP contribution in [0, 0.1) is 6.92 Å². The van der Waals surface area contributed by atoms with Gasteiger partial charge in [-0.25, -0.2) is 4.98 Å². The van der Waals surface area contributed by atoms with E-state index >= 15 is 0 Å². The van der Waals surface area contributed by atoms with Gasteiger partial charge in [0.05, 0.1) is 6.04 Å². The third kappa shape index (κ3) is 4.12. The number of pyridine rings is 1. The van der Waals surface area contributed by atoms with Crippen LogP contribution in [-0.2, 0) is 6.42 Å². The van der Waals surface area contributed by atoms with E-state index in [1.54, 1.807) is 12.3 Å². The van der Waals surface area contributed by atoms with Gasteiger partial charge in [0.1, 0.15) is 11.2 Å². The van der Waals surface area contributed by atoms with E-state index in [-0.39, 0.29) is 17.2 Å². The van der Waals surface area contributed by atoms with E-state index in [1.165, 1.54) is 16.2 Å². The van der Waals surface area contributed by atoms with Crippen LogP contribution in [0.3, 0.4) is 0 Å². The van der Waals surface area contributed by atoms with Crippen molar-refractivity contribution < 1.29 is 4.79 Å². The maximum absolute atomic E-state index is 12.7. The Balaban J connectivity index is 1.80. The first kappa shape index (κ1) is 19.8. The summed E-state index contributed by atoms with van der Waals surface area (Å²) in [6.07, 6.45) is 4.03. The number of carbonyl (C=O) groups excluding carboxylic acids is 1. The number of carbonyl (C=O) groups is 1. The summed E-state index contributed by atoms with van der Waals surface area (Å²) in [6, 6.07) is 12.0. The molecule has 1 unspecified atom stereocenters. The van der Waals surface area contributed by atoms with Gasteiger partial charge in [0.15, 0.2) is 0 Å². The van der Waals surface area contributed by atoms with Crippen molar-refractivity contribution in [3.8, 4) is 0 Å². The molecular formula is C22H26N4O2. The van der Waals surface area contributed by atoms with Crippen LogP contribution < -0.4 is 10.9 Å². The number of nitrogens with zero attached hydrogens (tertiary/aromatic N) is 3. The molecule has 0 radical (unpaired) electrons. The lowest BCUT2D eigenvalue weighted by molar-refractivity contribution is 0.0940. The Bertz CT molecular complexity index is 1040. The number of nitrogens with one attached hydrogen (secondary N) is 1. The molecule has 1 aromatic carbocycles. The predicted octanol–water partition coefficient (Wildman–Crippen LogP) is 2.60. The van der Waals surface area contributed by atoms with Crippen LogP contribution in [0.15, 0.2) is 53.6 Å². The summed E-state index contributed by atoms with van der Waals surface area (Å²) in [4.78, 5) is 31.6. The van der Waals surface area contributed by atoms with E-state index in [0.717, 1.165) is 17.5 Å². The van der Waals surface area contributed by atoms with Crippen molar-refractivity contribution in [3.05, 3.63) is 81.4 Å². The van der Waals surface area contributed by atoms with Crippen LogP contribution in [0.1, 0.15) is 40.0 Å². The van der Waals surface area contributed by atoms with E-state index < -0.39 is 5.91 Å². The summed E-state index contributed by atoms with van der Waals surface area (Å²) in [5.41, 5.74) is 3.52. The van der Waals surface area contributed by atoms with Crippen LogP contribution >= 0.6 is 0 Å². The Kier molecular flexibility index (Phi) is 5.90. The van der Waals surface area contributed by atoms with Gasteiger partial charge in [0.2, 0.25) is 0 Å². The lowest BCUT2D eigenvalue weighted by atomic mass is 10.0. The van der Waals surface area contributed by atoms with Crippen molar-refractivity contribution in [1.82, 2.24) is 19.6 Å². The lowest BCUT2D eigenvalue weighted by Crippen LogP contribution is -2.37. The van der Waals surface area contributed by atoms with Crippen LogP contribution in [0.4, 0.5) is 0 Å². The number of aromatic nitrogens is 2. The molecule has 2 aromatic heterocycles. The minimum Gasteiger partial charge on any atom is -0.350 e. The van der Waals surface area contributed by atoms with Crippen molar-refractivity contribution >= 4 is 11.6 Å². The molecule has 0 spiro atoms. The molecule has 0 fully saturated rings. The van der Waals surface area contributed by atoms with Crippen molar-refractivity contribution in [3.63, 3.8) is 0 Å². The summed E-state index contributed by atoms with van der Waals surface area (Å²) in [5, 5.41) is 2.89. The Morgan fingerprint density at radius 1 is 1.18 bits per heavy atom. The van der Waals surface area contributed by atoms with Gasteiger partial charge in [0, 0.05) is 18.9 Å². The third-order valence-electron chi connectivity index (χ3n) is 4.95. The Hall–Kier alpha value is -2.99. The van der Waals surface area contributed by atoms with E-state index in [0.29, 0.717) is 12.2 Å². The van der Waals surface area contributed by atoms with E-state index in [2.05, 4.69) is 46.4 Å². The monoisotopic (exact) mass is 378 g/mol. The topological polar surface area (TPSA) is 66.7 Å². The first-order chi connectivity index (χ1) is 13.4. The highest BCUT2D eigenvalue weighted by Crippen LogP contribution is 2.18. The fraction of sp³-hybridized carbons (Fsp3) is 0.318. The zero-order valence-corrected chi connectivity index (χ0v) is 16.8. The number of amides is 1. The Morgan fingerprint density at radius 2 is 1.89 bits per heavy atom. The van der Waals surface area contributed by atoms with Gasteiger partial charge in [-0.2, -0.15) is 0 Å². The molecule has 0 saturated carbocycles. The van der Waals surface area contributed by atoms with E-state index in [9.17, 15) is 9.59 Å². The number of benzene rings is 1. The summed E-state index contributed by atoms with van der Waals surface area (Å²) >= 11 is 0. The number of rotatable bonds is 6. The standard InChI is InChI=1S/C22H26N4O2/c1-5-16-7-9-17(10-8-16)19(25(3)4)13-24-21(27)18-12-23-20-11-6-15(2)14-26(20)22(18)28/h6-12,14,19H,5,13H2,1-4H3,(H,24,27). The Labute approximate surface area is 164 Å². The molecule has 28 heavy (non-hydrogen) atoms. The summed E-state index contributed by atoms with van der Waals surface area (Å²) in [7, 11) is 3.94. The largest absolute Gasteiger partial charge is 0.350 e. The average molecular weight is 378 g/mol. The van der Waals surface area contributed by atoms with Gasteiger partial charge in [-0.1, -0.05) is 37.3 Å². The molecule has 146 valence electrons. The molecule has 0 aliphatic rings. The van der Waals surface area contributed by atoms with Crippen LogP contribution in [-0.4, -0.2) is 40.8 Å². The molecule has 6 nitrogen and oxygen atoms in total. The summed E-state index contributed by atoms with van der Waals surface area (Å²) in [5.74, 6) is -0.412. The first-order valence-corrected chi connectivity index (χ1v) is 9.42.